The highest BCUT2D eigenvalue weighted by Crippen LogP contribution is 2.16. The van der Waals surface area contributed by atoms with E-state index in [1.807, 2.05) is 0 Å². The molecular formula is C9H8N2O3. The van der Waals surface area contributed by atoms with Crippen LogP contribution in [-0.2, 0) is 0 Å². The highest BCUT2D eigenvalue weighted by molar-refractivity contribution is 5.93. The first-order valence-electron chi connectivity index (χ1n) is 3.96. The standard InChI is InChI=1S/C9H8N2O3/c1-14-6-2-3-11-5-10-8(9(12)13)7(11)4-6/h2-5H,1H3,(H,12,13). The van der Waals surface area contributed by atoms with Gasteiger partial charge in [-0.05, 0) is 6.07 Å². The average Bonchev–Trinajstić information content (AvgIpc) is 2.59. The molecule has 0 aliphatic heterocycles. The van der Waals surface area contributed by atoms with Crippen LogP contribution in [0.3, 0.4) is 0 Å². The molecule has 0 atom stereocenters. The predicted molar refractivity (Wildman–Crippen MR) is 48.7 cm³/mol. The number of ether oxygens (including phenoxy) is 1. The van der Waals surface area contributed by atoms with Gasteiger partial charge in [-0.15, -0.1) is 0 Å². The number of aromatic nitrogens is 2. The number of carboxylic acid groups (broad SMARTS) is 1. The Labute approximate surface area is 79.6 Å². The number of nitrogens with zero attached hydrogens (tertiary/aromatic N) is 2. The number of methoxy groups -OCH3 is 1. The van der Waals surface area contributed by atoms with Crippen LogP contribution >= 0.6 is 0 Å². The number of aromatic carboxylic acids is 1. The van der Waals surface area contributed by atoms with Gasteiger partial charge < -0.3 is 14.2 Å². The van der Waals surface area contributed by atoms with Crippen molar-refractivity contribution in [1.82, 2.24) is 9.38 Å². The third-order valence-electron chi connectivity index (χ3n) is 1.95. The molecule has 0 unspecified atom stereocenters. The Hall–Kier alpha value is -2.04. The van der Waals surface area contributed by atoms with Gasteiger partial charge in [0.2, 0.25) is 0 Å². The molecule has 2 aromatic rings. The predicted octanol–water partition coefficient (Wildman–Crippen LogP) is 1.04. The third-order valence-corrected chi connectivity index (χ3v) is 1.95. The second kappa shape index (κ2) is 3.02. The molecule has 14 heavy (non-hydrogen) atoms. The van der Waals surface area contributed by atoms with E-state index in [4.69, 9.17) is 9.84 Å². The summed E-state index contributed by atoms with van der Waals surface area (Å²) in [6, 6.07) is 3.37. The van der Waals surface area contributed by atoms with Crippen LogP contribution in [0, 0.1) is 0 Å². The summed E-state index contributed by atoms with van der Waals surface area (Å²) in [6.45, 7) is 0. The Morgan fingerprint density at radius 2 is 2.43 bits per heavy atom. The van der Waals surface area contributed by atoms with E-state index >= 15 is 0 Å². The molecule has 0 fully saturated rings. The minimum atomic E-state index is -1.04. The van der Waals surface area contributed by atoms with E-state index in [2.05, 4.69) is 4.98 Å². The van der Waals surface area contributed by atoms with Crippen molar-refractivity contribution >= 4 is 11.5 Å². The second-order valence-electron chi connectivity index (χ2n) is 2.76. The maximum atomic E-state index is 10.8. The largest absolute Gasteiger partial charge is 0.497 e. The molecule has 0 saturated carbocycles. The van der Waals surface area contributed by atoms with Crippen molar-refractivity contribution in [2.45, 2.75) is 0 Å². The van der Waals surface area contributed by atoms with Crippen LogP contribution < -0.4 is 4.74 Å². The van der Waals surface area contributed by atoms with Crippen LogP contribution in [0.1, 0.15) is 10.5 Å². The van der Waals surface area contributed by atoms with Gasteiger partial charge in [0.25, 0.3) is 0 Å². The van der Waals surface area contributed by atoms with Gasteiger partial charge in [0, 0.05) is 12.3 Å². The number of carboxylic acids is 1. The van der Waals surface area contributed by atoms with Crippen molar-refractivity contribution in [3.63, 3.8) is 0 Å². The summed E-state index contributed by atoms with van der Waals surface area (Å²) in [5.74, 6) is -0.429. The Bertz CT molecular complexity index is 490. The molecule has 0 aliphatic carbocycles. The van der Waals surface area contributed by atoms with E-state index < -0.39 is 5.97 Å². The van der Waals surface area contributed by atoms with Crippen LogP contribution in [0.25, 0.3) is 5.52 Å². The normalized spacial score (nSPS) is 10.4. The van der Waals surface area contributed by atoms with E-state index in [1.54, 1.807) is 22.7 Å². The minimum Gasteiger partial charge on any atom is -0.497 e. The lowest BCUT2D eigenvalue weighted by molar-refractivity contribution is 0.0693. The monoisotopic (exact) mass is 192 g/mol. The molecule has 5 nitrogen and oxygen atoms in total. The van der Waals surface area contributed by atoms with Gasteiger partial charge in [-0.1, -0.05) is 0 Å². The smallest absolute Gasteiger partial charge is 0.356 e. The summed E-state index contributed by atoms with van der Waals surface area (Å²) in [5.41, 5.74) is 0.556. The van der Waals surface area contributed by atoms with Crippen LogP contribution in [0.5, 0.6) is 5.75 Å². The number of pyridine rings is 1. The minimum absolute atomic E-state index is 0.0314. The molecule has 0 saturated heterocycles. The molecule has 0 bridgehead atoms. The van der Waals surface area contributed by atoms with E-state index in [9.17, 15) is 4.79 Å². The zero-order chi connectivity index (χ0) is 10.1. The van der Waals surface area contributed by atoms with Crippen LogP contribution in [0.4, 0.5) is 0 Å². The maximum absolute atomic E-state index is 10.8. The molecule has 0 amide bonds. The Kier molecular flexibility index (Phi) is 1.85. The average molecular weight is 192 g/mol. The third kappa shape index (κ3) is 1.19. The fourth-order valence-electron chi connectivity index (χ4n) is 1.26. The van der Waals surface area contributed by atoms with Crippen molar-refractivity contribution in [1.29, 1.82) is 0 Å². The van der Waals surface area contributed by atoms with E-state index in [1.165, 1.54) is 13.4 Å². The fourth-order valence-corrected chi connectivity index (χ4v) is 1.26. The summed E-state index contributed by atoms with van der Waals surface area (Å²) >= 11 is 0. The van der Waals surface area contributed by atoms with Crippen molar-refractivity contribution < 1.29 is 14.6 Å². The van der Waals surface area contributed by atoms with Crippen LogP contribution in [-0.4, -0.2) is 27.6 Å². The maximum Gasteiger partial charge on any atom is 0.356 e. The van der Waals surface area contributed by atoms with Gasteiger partial charge in [0.1, 0.15) is 12.1 Å². The highest BCUT2D eigenvalue weighted by Gasteiger charge is 2.11. The summed E-state index contributed by atoms with van der Waals surface area (Å²) in [4.78, 5) is 14.5. The number of rotatable bonds is 2. The summed E-state index contributed by atoms with van der Waals surface area (Å²) in [5, 5.41) is 8.82. The number of fused-ring (bicyclic) bond motifs is 1. The Morgan fingerprint density at radius 1 is 1.64 bits per heavy atom. The van der Waals surface area contributed by atoms with Crippen molar-refractivity contribution in [2.75, 3.05) is 7.11 Å². The van der Waals surface area contributed by atoms with Crippen molar-refractivity contribution in [3.8, 4) is 5.75 Å². The summed E-state index contributed by atoms with van der Waals surface area (Å²) < 4.78 is 6.62. The fraction of sp³-hybridized carbons (Fsp3) is 0.111. The van der Waals surface area contributed by atoms with E-state index in [0.717, 1.165) is 0 Å². The van der Waals surface area contributed by atoms with Gasteiger partial charge in [-0.2, -0.15) is 0 Å². The zero-order valence-electron chi connectivity index (χ0n) is 7.47. The van der Waals surface area contributed by atoms with Gasteiger partial charge in [0.15, 0.2) is 5.69 Å². The van der Waals surface area contributed by atoms with Crippen LogP contribution in [0.2, 0.25) is 0 Å². The highest BCUT2D eigenvalue weighted by atomic mass is 16.5. The Balaban J connectivity index is 2.69. The topological polar surface area (TPSA) is 63.8 Å². The molecule has 5 heteroatoms. The molecule has 2 heterocycles. The van der Waals surface area contributed by atoms with Gasteiger partial charge >= 0.3 is 5.97 Å². The number of hydrogen-bond donors (Lipinski definition) is 1. The van der Waals surface area contributed by atoms with Crippen molar-refractivity contribution in [2.24, 2.45) is 0 Å². The van der Waals surface area contributed by atoms with Gasteiger partial charge in [-0.3, -0.25) is 0 Å². The molecule has 0 aromatic carbocycles. The lowest BCUT2D eigenvalue weighted by Gasteiger charge is -1.99. The molecule has 72 valence electrons. The molecular weight excluding hydrogens is 184 g/mol. The lowest BCUT2D eigenvalue weighted by Crippen LogP contribution is -1.97. The molecule has 2 rings (SSSR count). The first-order valence-corrected chi connectivity index (χ1v) is 3.96. The first kappa shape index (κ1) is 8.55. The van der Waals surface area contributed by atoms with Crippen molar-refractivity contribution in [3.05, 3.63) is 30.4 Å². The zero-order valence-corrected chi connectivity index (χ0v) is 7.47. The molecule has 0 aliphatic rings. The quantitative estimate of drug-likeness (QED) is 0.772. The van der Waals surface area contributed by atoms with E-state index in [-0.39, 0.29) is 5.69 Å². The molecule has 1 N–H and O–H groups in total. The number of imidazole rings is 1. The van der Waals surface area contributed by atoms with E-state index in [0.29, 0.717) is 11.3 Å². The number of hydrogen-bond acceptors (Lipinski definition) is 3. The molecule has 0 radical (unpaired) electrons. The molecule has 2 aromatic heterocycles. The molecule has 0 spiro atoms. The second-order valence-corrected chi connectivity index (χ2v) is 2.76. The van der Waals surface area contributed by atoms with Gasteiger partial charge in [-0.25, -0.2) is 9.78 Å². The SMILES string of the molecule is COc1ccn2cnc(C(=O)O)c2c1. The lowest BCUT2D eigenvalue weighted by atomic mass is 10.3. The van der Waals surface area contributed by atoms with Crippen LogP contribution in [0.15, 0.2) is 24.7 Å². The van der Waals surface area contributed by atoms with Gasteiger partial charge in [0.05, 0.1) is 12.6 Å². The first-order chi connectivity index (χ1) is 6.72. The number of carbonyl (C=O) groups is 1. The summed E-state index contributed by atoms with van der Waals surface area (Å²) in [6.07, 6.45) is 3.16. The summed E-state index contributed by atoms with van der Waals surface area (Å²) in [7, 11) is 1.53. The Morgan fingerprint density at radius 3 is 3.07 bits per heavy atom.